The zero-order chi connectivity index (χ0) is 15.4. The van der Waals surface area contributed by atoms with E-state index in [1.807, 2.05) is 0 Å². The van der Waals surface area contributed by atoms with Gasteiger partial charge >= 0.3 is 0 Å². The monoisotopic (exact) mass is 367 g/mol. The Balaban J connectivity index is 2.09. The molecule has 1 aromatic carbocycles. The summed E-state index contributed by atoms with van der Waals surface area (Å²) in [7, 11) is 0. The molecule has 2 nitrogen and oxygen atoms in total. The third-order valence-electron chi connectivity index (χ3n) is 3.52. The summed E-state index contributed by atoms with van der Waals surface area (Å²) in [6.45, 7) is 6.95. The summed E-state index contributed by atoms with van der Waals surface area (Å²) < 4.78 is 7.13. The lowest BCUT2D eigenvalue weighted by molar-refractivity contribution is 0.305. The maximum atomic E-state index is 6.05. The zero-order valence-electron chi connectivity index (χ0n) is 12.8. The van der Waals surface area contributed by atoms with Crippen molar-refractivity contribution in [1.29, 1.82) is 0 Å². The van der Waals surface area contributed by atoms with Crippen molar-refractivity contribution in [3.8, 4) is 5.75 Å². The van der Waals surface area contributed by atoms with Crippen LogP contribution < -0.4 is 10.5 Å². The molecule has 0 aliphatic carbocycles. The van der Waals surface area contributed by atoms with Crippen LogP contribution in [0.1, 0.15) is 34.9 Å². The van der Waals surface area contributed by atoms with E-state index >= 15 is 0 Å². The SMILES string of the molecule is CCC(N)Cc1cc(C)c(OCc2cc(Br)cs2)c(C)c1. The molecule has 0 amide bonds. The summed E-state index contributed by atoms with van der Waals surface area (Å²) in [4.78, 5) is 1.22. The molecule has 0 fully saturated rings. The molecule has 1 aromatic heterocycles. The molecule has 0 aliphatic heterocycles. The summed E-state index contributed by atoms with van der Waals surface area (Å²) in [5.41, 5.74) is 9.71. The predicted molar refractivity (Wildman–Crippen MR) is 94.2 cm³/mol. The molecule has 2 aromatic rings. The number of rotatable bonds is 6. The summed E-state index contributed by atoms with van der Waals surface area (Å²) in [5.74, 6) is 0.994. The molecule has 1 atom stereocenters. The van der Waals surface area contributed by atoms with Crippen molar-refractivity contribution in [2.75, 3.05) is 0 Å². The summed E-state index contributed by atoms with van der Waals surface area (Å²) >= 11 is 5.18. The maximum Gasteiger partial charge on any atom is 0.125 e. The molecular formula is C17H22BrNOS. The predicted octanol–water partition coefficient (Wildman–Crippen LogP) is 4.99. The normalized spacial score (nSPS) is 12.4. The molecule has 114 valence electrons. The van der Waals surface area contributed by atoms with E-state index in [0.717, 1.165) is 23.1 Å². The summed E-state index contributed by atoms with van der Waals surface area (Å²) in [6, 6.07) is 6.73. The van der Waals surface area contributed by atoms with Crippen LogP contribution in [0.5, 0.6) is 5.75 Å². The van der Waals surface area contributed by atoms with Crippen LogP contribution in [-0.4, -0.2) is 6.04 Å². The number of benzene rings is 1. The van der Waals surface area contributed by atoms with Gasteiger partial charge in [0.2, 0.25) is 0 Å². The van der Waals surface area contributed by atoms with Crippen LogP contribution in [0.2, 0.25) is 0 Å². The van der Waals surface area contributed by atoms with Crippen LogP contribution in [0.15, 0.2) is 28.1 Å². The van der Waals surface area contributed by atoms with E-state index in [1.165, 1.54) is 21.6 Å². The van der Waals surface area contributed by atoms with Gasteiger partial charge in [0.15, 0.2) is 0 Å². The fourth-order valence-corrected chi connectivity index (χ4v) is 3.77. The zero-order valence-corrected chi connectivity index (χ0v) is 15.2. The number of thiophene rings is 1. The second kappa shape index (κ2) is 7.43. The molecule has 1 heterocycles. The van der Waals surface area contributed by atoms with Gasteiger partial charge in [-0.2, -0.15) is 0 Å². The summed E-state index contributed by atoms with van der Waals surface area (Å²) in [6.07, 6.45) is 1.93. The van der Waals surface area contributed by atoms with Gasteiger partial charge in [-0.1, -0.05) is 19.1 Å². The van der Waals surface area contributed by atoms with Gasteiger partial charge in [-0.15, -0.1) is 11.3 Å². The van der Waals surface area contributed by atoms with Crippen molar-refractivity contribution < 1.29 is 4.74 Å². The van der Waals surface area contributed by atoms with Crippen LogP contribution in [0, 0.1) is 13.8 Å². The minimum absolute atomic E-state index is 0.235. The average molecular weight is 368 g/mol. The molecule has 2 rings (SSSR count). The molecule has 0 aliphatic rings. The third kappa shape index (κ3) is 4.56. The largest absolute Gasteiger partial charge is 0.488 e. The van der Waals surface area contributed by atoms with Crippen LogP contribution in [0.3, 0.4) is 0 Å². The third-order valence-corrected chi connectivity index (χ3v) is 5.19. The second-order valence-electron chi connectivity index (χ2n) is 5.45. The molecule has 1 unspecified atom stereocenters. The molecule has 0 spiro atoms. The van der Waals surface area contributed by atoms with E-state index < -0.39 is 0 Å². The lowest BCUT2D eigenvalue weighted by atomic mass is 9.99. The lowest BCUT2D eigenvalue weighted by Crippen LogP contribution is -2.21. The van der Waals surface area contributed by atoms with Crippen molar-refractivity contribution >= 4 is 27.3 Å². The fourth-order valence-electron chi connectivity index (χ4n) is 2.41. The molecule has 0 saturated heterocycles. The Hall–Kier alpha value is -0.840. The Labute approximate surface area is 139 Å². The van der Waals surface area contributed by atoms with Gasteiger partial charge in [0.05, 0.1) is 0 Å². The Kier molecular flexibility index (Phi) is 5.85. The van der Waals surface area contributed by atoms with Gasteiger partial charge < -0.3 is 10.5 Å². The Morgan fingerprint density at radius 2 is 1.90 bits per heavy atom. The van der Waals surface area contributed by atoms with Gasteiger partial charge in [-0.05, 0) is 65.4 Å². The van der Waals surface area contributed by atoms with Crippen molar-refractivity contribution in [3.63, 3.8) is 0 Å². The van der Waals surface area contributed by atoms with E-state index in [-0.39, 0.29) is 6.04 Å². The van der Waals surface area contributed by atoms with Crippen molar-refractivity contribution in [3.05, 3.63) is 49.6 Å². The number of hydrogen-bond donors (Lipinski definition) is 1. The van der Waals surface area contributed by atoms with Crippen LogP contribution in [0.4, 0.5) is 0 Å². The van der Waals surface area contributed by atoms with E-state index in [9.17, 15) is 0 Å². The van der Waals surface area contributed by atoms with Gasteiger partial charge in [-0.25, -0.2) is 0 Å². The van der Waals surface area contributed by atoms with Crippen LogP contribution >= 0.6 is 27.3 Å². The standard InChI is InChI=1S/C17H22BrNOS/c1-4-15(19)7-13-5-11(2)17(12(3)6-13)20-9-16-8-14(18)10-21-16/h5-6,8,10,15H,4,7,9,19H2,1-3H3. The van der Waals surface area contributed by atoms with Gasteiger partial charge in [0.25, 0.3) is 0 Å². The molecule has 0 bridgehead atoms. The molecule has 21 heavy (non-hydrogen) atoms. The molecule has 0 radical (unpaired) electrons. The van der Waals surface area contributed by atoms with Gasteiger partial charge in [0.1, 0.15) is 12.4 Å². The first-order valence-corrected chi connectivity index (χ1v) is 8.88. The second-order valence-corrected chi connectivity index (χ2v) is 7.36. The first-order chi connectivity index (χ1) is 9.99. The smallest absolute Gasteiger partial charge is 0.125 e. The molecular weight excluding hydrogens is 346 g/mol. The van der Waals surface area contributed by atoms with E-state index in [4.69, 9.17) is 10.5 Å². The van der Waals surface area contributed by atoms with Crippen LogP contribution in [-0.2, 0) is 13.0 Å². The van der Waals surface area contributed by atoms with Gasteiger partial charge in [0, 0.05) is 20.8 Å². The molecule has 2 N–H and O–H groups in total. The molecule has 0 saturated carbocycles. The Morgan fingerprint density at radius 3 is 2.43 bits per heavy atom. The van der Waals surface area contributed by atoms with Crippen molar-refractivity contribution in [1.82, 2.24) is 0 Å². The number of nitrogens with two attached hydrogens (primary N) is 1. The minimum atomic E-state index is 0.235. The van der Waals surface area contributed by atoms with Gasteiger partial charge in [-0.3, -0.25) is 0 Å². The molecule has 4 heteroatoms. The number of aryl methyl sites for hydroxylation is 2. The van der Waals surface area contributed by atoms with Crippen molar-refractivity contribution in [2.24, 2.45) is 5.73 Å². The number of halogens is 1. The van der Waals surface area contributed by atoms with Crippen molar-refractivity contribution in [2.45, 2.75) is 46.3 Å². The highest BCUT2D eigenvalue weighted by Crippen LogP contribution is 2.28. The highest BCUT2D eigenvalue weighted by Gasteiger charge is 2.09. The Morgan fingerprint density at radius 1 is 1.24 bits per heavy atom. The fraction of sp³-hybridized carbons (Fsp3) is 0.412. The summed E-state index contributed by atoms with van der Waals surface area (Å²) in [5, 5.41) is 2.08. The first-order valence-electron chi connectivity index (χ1n) is 7.21. The lowest BCUT2D eigenvalue weighted by Gasteiger charge is -2.15. The minimum Gasteiger partial charge on any atom is -0.488 e. The first kappa shape index (κ1) is 16.5. The highest BCUT2D eigenvalue weighted by molar-refractivity contribution is 9.10. The quantitative estimate of drug-likeness (QED) is 0.780. The Bertz CT molecular complexity index is 586. The average Bonchev–Trinajstić information content (AvgIpc) is 2.83. The van der Waals surface area contributed by atoms with E-state index in [2.05, 4.69) is 60.3 Å². The maximum absolute atomic E-state index is 6.05. The number of hydrogen-bond acceptors (Lipinski definition) is 3. The number of ether oxygens (including phenoxy) is 1. The van der Waals surface area contributed by atoms with E-state index in [0.29, 0.717) is 6.61 Å². The van der Waals surface area contributed by atoms with Crippen LogP contribution in [0.25, 0.3) is 0 Å². The van der Waals surface area contributed by atoms with E-state index in [1.54, 1.807) is 11.3 Å². The highest BCUT2D eigenvalue weighted by atomic mass is 79.9. The topological polar surface area (TPSA) is 35.2 Å².